The van der Waals surface area contributed by atoms with Gasteiger partial charge in [-0.05, 0) is 49.8 Å². The number of hydrogen-bond acceptors (Lipinski definition) is 8. The van der Waals surface area contributed by atoms with E-state index in [0.717, 1.165) is 42.1 Å². The van der Waals surface area contributed by atoms with Crippen LogP contribution in [0.4, 0.5) is 0 Å². The van der Waals surface area contributed by atoms with Gasteiger partial charge >= 0.3 is 5.97 Å². The van der Waals surface area contributed by atoms with Gasteiger partial charge in [0.2, 0.25) is 17.7 Å². The predicted molar refractivity (Wildman–Crippen MR) is 177 cm³/mol. The van der Waals surface area contributed by atoms with E-state index in [1.807, 2.05) is 43.0 Å². The zero-order chi connectivity index (χ0) is 33.9. The smallest absolute Gasteiger partial charge is 0.305 e. The molecule has 1 aromatic heterocycles. The minimum absolute atomic E-state index is 0.0472. The molecule has 0 unspecified atom stereocenters. The quantitative estimate of drug-likeness (QED) is 0.234. The highest BCUT2D eigenvalue weighted by Crippen LogP contribution is 2.23. The second kappa shape index (κ2) is 17.3. The summed E-state index contributed by atoms with van der Waals surface area (Å²) in [5.41, 5.74) is 1.62. The number of fused-ring (bicyclic) bond motifs is 2. The van der Waals surface area contributed by atoms with Crippen LogP contribution < -0.4 is 20.8 Å². The summed E-state index contributed by atoms with van der Waals surface area (Å²) in [7, 11) is 2.93. The number of para-hydroxylation sites is 1. The fourth-order valence-corrected chi connectivity index (χ4v) is 6.65. The summed E-state index contributed by atoms with van der Waals surface area (Å²) in [4.78, 5) is 74.5. The maximum absolute atomic E-state index is 14.1. The molecule has 0 saturated carbocycles. The van der Waals surface area contributed by atoms with Crippen LogP contribution in [0.5, 0.6) is 0 Å². The molecular weight excluding hydrogens is 602 g/mol. The number of ether oxygens (including phenoxy) is 1. The van der Waals surface area contributed by atoms with Crippen molar-refractivity contribution in [2.45, 2.75) is 109 Å². The van der Waals surface area contributed by atoms with E-state index in [0.29, 0.717) is 45.1 Å². The first kappa shape index (κ1) is 35.9. The monoisotopic (exact) mass is 653 g/mol. The van der Waals surface area contributed by atoms with E-state index >= 15 is 0 Å². The number of amides is 3. The van der Waals surface area contributed by atoms with Crippen molar-refractivity contribution in [3.8, 4) is 0 Å². The van der Waals surface area contributed by atoms with Crippen molar-refractivity contribution in [2.75, 3.05) is 27.3 Å². The van der Waals surface area contributed by atoms with E-state index in [9.17, 15) is 24.0 Å². The van der Waals surface area contributed by atoms with Gasteiger partial charge in [0.15, 0.2) is 5.78 Å². The SMILES string of the molecule is CC[C@H](C)[C@@H]1NC(=O)[C@H](Cc2cn(OC)c3ccccc23)NC(=O)[C@H](CCCCCCC(=O)OC)NC(=O)[C@H]2CCCCN2CC1=O. The average molecular weight is 654 g/mol. The Morgan fingerprint density at radius 2 is 1.66 bits per heavy atom. The van der Waals surface area contributed by atoms with E-state index in [2.05, 4.69) is 16.0 Å². The minimum atomic E-state index is -1.01. The van der Waals surface area contributed by atoms with Gasteiger partial charge < -0.3 is 25.5 Å². The largest absolute Gasteiger partial charge is 0.469 e. The first-order chi connectivity index (χ1) is 22.7. The Morgan fingerprint density at radius 3 is 2.40 bits per heavy atom. The number of nitrogens with one attached hydrogen (secondary N) is 3. The Kier molecular flexibility index (Phi) is 13.2. The number of unbranched alkanes of at least 4 members (excludes halogenated alkanes) is 3. The van der Waals surface area contributed by atoms with Crippen LogP contribution in [0.3, 0.4) is 0 Å². The first-order valence-electron chi connectivity index (χ1n) is 17.0. The summed E-state index contributed by atoms with van der Waals surface area (Å²) >= 11 is 0. The van der Waals surface area contributed by atoms with E-state index in [1.165, 1.54) is 7.11 Å². The Bertz CT molecular complexity index is 1410. The summed E-state index contributed by atoms with van der Waals surface area (Å²) in [6.45, 7) is 4.55. The summed E-state index contributed by atoms with van der Waals surface area (Å²) in [5, 5.41) is 9.83. The van der Waals surface area contributed by atoms with Crippen LogP contribution in [0.1, 0.15) is 83.6 Å². The number of aromatic nitrogens is 1. The van der Waals surface area contributed by atoms with E-state index in [1.54, 1.807) is 18.0 Å². The topological polar surface area (TPSA) is 148 Å². The highest BCUT2D eigenvalue weighted by atomic mass is 16.6. The third kappa shape index (κ3) is 9.33. The van der Waals surface area contributed by atoms with Gasteiger partial charge in [-0.2, -0.15) is 4.73 Å². The van der Waals surface area contributed by atoms with Crippen LogP contribution in [0.25, 0.3) is 10.9 Å². The number of nitrogens with zero attached hydrogens (tertiary/aromatic N) is 2. The van der Waals surface area contributed by atoms with Crippen molar-refractivity contribution in [3.05, 3.63) is 36.0 Å². The van der Waals surface area contributed by atoms with Crippen LogP contribution in [-0.2, 0) is 35.1 Å². The average Bonchev–Trinajstić information content (AvgIpc) is 3.44. The molecule has 3 amide bonds. The van der Waals surface area contributed by atoms with Gasteiger partial charge in [0.1, 0.15) is 19.2 Å². The highest BCUT2D eigenvalue weighted by Gasteiger charge is 2.37. The Hall–Kier alpha value is -3.93. The molecule has 2 aromatic rings. The molecule has 12 nitrogen and oxygen atoms in total. The van der Waals surface area contributed by atoms with Crippen molar-refractivity contribution in [1.82, 2.24) is 25.6 Å². The summed E-state index contributed by atoms with van der Waals surface area (Å²) in [6, 6.07) is 4.46. The van der Waals surface area contributed by atoms with Gasteiger partial charge in [0.05, 0.1) is 31.3 Å². The number of rotatable bonds is 12. The zero-order valence-electron chi connectivity index (χ0n) is 28.2. The maximum Gasteiger partial charge on any atom is 0.305 e. The summed E-state index contributed by atoms with van der Waals surface area (Å²) in [5.74, 6) is -1.72. The lowest BCUT2D eigenvalue weighted by Gasteiger charge is -2.36. The molecule has 2 aliphatic rings. The number of hydrogen-bond donors (Lipinski definition) is 3. The van der Waals surface area contributed by atoms with Crippen molar-refractivity contribution >= 4 is 40.4 Å². The molecule has 2 fully saturated rings. The predicted octanol–water partition coefficient (Wildman–Crippen LogP) is 2.69. The third-order valence-electron chi connectivity index (χ3n) is 9.63. The fourth-order valence-electron chi connectivity index (χ4n) is 6.65. The molecule has 3 N–H and O–H groups in total. The summed E-state index contributed by atoms with van der Waals surface area (Å²) < 4.78 is 6.34. The second-order valence-electron chi connectivity index (χ2n) is 12.9. The number of Topliss-reactive ketones (excluding diaryl/α,β-unsaturated/α-hetero) is 1. The molecular formula is C35H51N5O7. The number of benzene rings is 1. The standard InChI is InChI=1S/C35H51N5O7/c1-5-23(2)32-30(41)22-39-19-13-12-17-29(39)35(45)36-26(15-8-6-7-9-18-31(42)46-3)33(43)37-27(34(44)38-32)20-24-21-40(47-4)28-16-11-10-14-25(24)28/h10-11,14,16,21,23,26-27,29,32H,5-9,12-13,15,17-20,22H2,1-4H3,(H,36,45)(H,37,43)(H,38,44)/t23-,26-,27-,29+,32-/m0/s1. The Labute approximate surface area is 277 Å². The molecule has 0 radical (unpaired) electrons. The zero-order valence-corrected chi connectivity index (χ0v) is 28.2. The van der Waals surface area contributed by atoms with Gasteiger partial charge in [0, 0.05) is 24.4 Å². The van der Waals surface area contributed by atoms with Crippen molar-refractivity contribution < 1.29 is 33.5 Å². The second-order valence-corrected chi connectivity index (χ2v) is 12.9. The Morgan fingerprint density at radius 1 is 0.936 bits per heavy atom. The molecule has 0 bridgehead atoms. The molecule has 5 atom stereocenters. The van der Waals surface area contributed by atoms with Gasteiger partial charge in [0.25, 0.3) is 0 Å². The molecule has 2 aliphatic heterocycles. The third-order valence-corrected chi connectivity index (χ3v) is 9.63. The molecule has 0 aliphatic carbocycles. The van der Waals surface area contributed by atoms with Crippen LogP contribution >= 0.6 is 0 Å². The minimum Gasteiger partial charge on any atom is -0.469 e. The van der Waals surface area contributed by atoms with Crippen LogP contribution in [0.2, 0.25) is 0 Å². The molecule has 2 saturated heterocycles. The summed E-state index contributed by atoms with van der Waals surface area (Å²) in [6.07, 6.45) is 8.48. The van der Waals surface area contributed by atoms with E-state index in [-0.39, 0.29) is 36.5 Å². The Balaban J connectivity index is 1.64. The molecule has 1 aromatic carbocycles. The first-order valence-corrected chi connectivity index (χ1v) is 17.0. The van der Waals surface area contributed by atoms with Crippen molar-refractivity contribution in [1.29, 1.82) is 0 Å². The normalized spacial score (nSPS) is 23.7. The van der Waals surface area contributed by atoms with Gasteiger partial charge in [-0.25, -0.2) is 0 Å². The number of piperidine rings is 1. The molecule has 47 heavy (non-hydrogen) atoms. The van der Waals surface area contributed by atoms with Crippen LogP contribution in [0, 0.1) is 5.92 Å². The van der Waals surface area contributed by atoms with Crippen LogP contribution in [-0.4, -0.2) is 90.6 Å². The number of ketones is 1. The lowest BCUT2D eigenvalue weighted by Crippen LogP contribution is -2.57. The fraction of sp³-hybridized carbons (Fsp3) is 0.629. The molecule has 0 spiro atoms. The number of esters is 1. The lowest BCUT2D eigenvalue weighted by atomic mass is 9.93. The molecule has 3 heterocycles. The molecule has 258 valence electrons. The number of carbonyl (C=O) groups is 5. The van der Waals surface area contributed by atoms with Crippen molar-refractivity contribution in [2.24, 2.45) is 5.92 Å². The van der Waals surface area contributed by atoms with E-state index in [4.69, 9.17) is 9.57 Å². The molecule has 12 heteroatoms. The van der Waals surface area contributed by atoms with Crippen molar-refractivity contribution in [3.63, 3.8) is 0 Å². The maximum atomic E-state index is 14.1. The van der Waals surface area contributed by atoms with Gasteiger partial charge in [-0.3, -0.25) is 28.9 Å². The molecule has 4 rings (SSSR count). The van der Waals surface area contributed by atoms with Gasteiger partial charge in [-0.15, -0.1) is 0 Å². The lowest BCUT2D eigenvalue weighted by molar-refractivity contribution is -0.140. The number of methoxy groups -OCH3 is 1. The van der Waals surface area contributed by atoms with Crippen LogP contribution in [0.15, 0.2) is 30.5 Å². The highest BCUT2D eigenvalue weighted by molar-refractivity contribution is 5.97. The number of carbonyl (C=O) groups excluding carboxylic acids is 5. The van der Waals surface area contributed by atoms with Gasteiger partial charge in [-0.1, -0.05) is 64.2 Å². The van der Waals surface area contributed by atoms with E-state index < -0.39 is 36.0 Å².